The van der Waals surface area contributed by atoms with Gasteiger partial charge in [0.2, 0.25) is 10.0 Å². The van der Waals surface area contributed by atoms with Crippen molar-refractivity contribution in [3.63, 3.8) is 0 Å². The molecule has 0 saturated carbocycles. The predicted molar refractivity (Wildman–Crippen MR) is 74.1 cm³/mol. The van der Waals surface area contributed by atoms with Crippen LogP contribution in [0.3, 0.4) is 0 Å². The number of primary sulfonamides is 1. The van der Waals surface area contributed by atoms with Gasteiger partial charge in [-0.2, -0.15) is 0 Å². The van der Waals surface area contributed by atoms with E-state index in [9.17, 15) is 8.42 Å². The summed E-state index contributed by atoms with van der Waals surface area (Å²) >= 11 is 0. The molecule has 2 rings (SSSR count). The van der Waals surface area contributed by atoms with Gasteiger partial charge in [0.25, 0.3) is 0 Å². The average molecular weight is 277 g/mol. The highest BCUT2D eigenvalue weighted by Crippen LogP contribution is 2.15. The van der Waals surface area contributed by atoms with E-state index in [1.807, 2.05) is 19.1 Å². The van der Waals surface area contributed by atoms with Crippen molar-refractivity contribution in [1.82, 2.24) is 4.98 Å². The van der Waals surface area contributed by atoms with Crippen LogP contribution in [0.5, 0.6) is 0 Å². The molecule has 1 aromatic carbocycles. The first-order chi connectivity index (χ1) is 8.95. The molecule has 2 aromatic rings. The molecular weight excluding hydrogens is 262 g/mol. The van der Waals surface area contributed by atoms with Crippen molar-refractivity contribution >= 4 is 15.7 Å². The number of pyridine rings is 1. The predicted octanol–water partition coefficient (Wildman–Crippen LogP) is 1.65. The SMILES string of the molecule is Cc1ccc(CNc2cccc(S(N)(=O)=O)c2)cn1. The van der Waals surface area contributed by atoms with E-state index in [1.165, 1.54) is 12.1 Å². The van der Waals surface area contributed by atoms with Gasteiger partial charge in [0, 0.05) is 24.1 Å². The first kappa shape index (κ1) is 13.5. The Kier molecular flexibility index (Phi) is 3.82. The van der Waals surface area contributed by atoms with Crippen LogP contribution in [0.2, 0.25) is 0 Å². The lowest BCUT2D eigenvalue weighted by Gasteiger charge is -2.07. The summed E-state index contributed by atoms with van der Waals surface area (Å²) in [6, 6.07) is 10.3. The molecule has 1 heterocycles. The molecule has 0 radical (unpaired) electrons. The third kappa shape index (κ3) is 3.77. The molecule has 0 aliphatic rings. The van der Waals surface area contributed by atoms with E-state index in [1.54, 1.807) is 18.3 Å². The lowest BCUT2D eigenvalue weighted by Crippen LogP contribution is -2.12. The van der Waals surface area contributed by atoms with E-state index >= 15 is 0 Å². The highest BCUT2D eigenvalue weighted by atomic mass is 32.2. The number of hydrogen-bond acceptors (Lipinski definition) is 4. The maximum atomic E-state index is 11.2. The van der Waals surface area contributed by atoms with Crippen LogP contribution in [-0.4, -0.2) is 13.4 Å². The standard InChI is InChI=1S/C13H15N3O2S/c1-10-5-6-11(8-15-10)9-16-12-3-2-4-13(7-12)19(14,17)18/h2-8,16H,9H2,1H3,(H2,14,17,18). The smallest absolute Gasteiger partial charge is 0.238 e. The third-order valence-electron chi connectivity index (χ3n) is 2.63. The van der Waals surface area contributed by atoms with Crippen LogP contribution in [-0.2, 0) is 16.6 Å². The van der Waals surface area contributed by atoms with Gasteiger partial charge in [-0.05, 0) is 36.8 Å². The maximum absolute atomic E-state index is 11.2. The van der Waals surface area contributed by atoms with Crippen molar-refractivity contribution in [2.45, 2.75) is 18.4 Å². The quantitative estimate of drug-likeness (QED) is 0.889. The Morgan fingerprint density at radius 2 is 2.05 bits per heavy atom. The first-order valence-corrected chi connectivity index (χ1v) is 7.28. The summed E-state index contributed by atoms with van der Waals surface area (Å²) in [6.07, 6.45) is 1.78. The number of aryl methyl sites for hydroxylation is 1. The summed E-state index contributed by atoms with van der Waals surface area (Å²) in [4.78, 5) is 4.29. The molecule has 19 heavy (non-hydrogen) atoms. The van der Waals surface area contributed by atoms with E-state index < -0.39 is 10.0 Å². The van der Waals surface area contributed by atoms with Gasteiger partial charge in [0.05, 0.1) is 4.90 Å². The minimum atomic E-state index is -3.67. The van der Waals surface area contributed by atoms with E-state index in [2.05, 4.69) is 10.3 Å². The lowest BCUT2D eigenvalue weighted by molar-refractivity contribution is 0.598. The van der Waals surface area contributed by atoms with Crippen molar-refractivity contribution in [2.24, 2.45) is 5.14 Å². The van der Waals surface area contributed by atoms with Crippen LogP contribution in [0, 0.1) is 6.92 Å². The summed E-state index contributed by atoms with van der Waals surface area (Å²) in [5.41, 5.74) is 2.68. The number of benzene rings is 1. The number of rotatable bonds is 4. The van der Waals surface area contributed by atoms with E-state index in [-0.39, 0.29) is 4.90 Å². The van der Waals surface area contributed by atoms with Crippen molar-refractivity contribution in [1.29, 1.82) is 0 Å². The van der Waals surface area contributed by atoms with Gasteiger partial charge < -0.3 is 5.32 Å². The van der Waals surface area contributed by atoms with Crippen LogP contribution in [0.1, 0.15) is 11.3 Å². The van der Waals surface area contributed by atoms with Crippen LogP contribution in [0.4, 0.5) is 5.69 Å². The van der Waals surface area contributed by atoms with E-state index in [0.717, 1.165) is 11.3 Å². The molecular formula is C13H15N3O2S. The summed E-state index contributed by atoms with van der Waals surface area (Å²) in [7, 11) is -3.67. The molecule has 0 aliphatic carbocycles. The number of nitrogens with one attached hydrogen (secondary N) is 1. The number of nitrogens with two attached hydrogens (primary N) is 1. The maximum Gasteiger partial charge on any atom is 0.238 e. The molecule has 6 heteroatoms. The summed E-state index contributed by atoms with van der Waals surface area (Å²) in [5.74, 6) is 0. The minimum Gasteiger partial charge on any atom is -0.381 e. The van der Waals surface area contributed by atoms with Gasteiger partial charge in [0.1, 0.15) is 0 Å². The largest absolute Gasteiger partial charge is 0.381 e. The van der Waals surface area contributed by atoms with Crippen molar-refractivity contribution in [3.05, 3.63) is 53.9 Å². The zero-order valence-electron chi connectivity index (χ0n) is 10.5. The molecule has 0 unspecified atom stereocenters. The van der Waals surface area contributed by atoms with E-state index in [0.29, 0.717) is 12.2 Å². The highest BCUT2D eigenvalue weighted by molar-refractivity contribution is 7.89. The number of hydrogen-bond donors (Lipinski definition) is 2. The summed E-state index contributed by atoms with van der Waals surface area (Å²) < 4.78 is 22.5. The molecule has 100 valence electrons. The molecule has 0 aliphatic heterocycles. The van der Waals surface area contributed by atoms with Crippen molar-refractivity contribution in [3.8, 4) is 0 Å². The Bertz CT molecular complexity index is 667. The average Bonchev–Trinajstić information content (AvgIpc) is 2.37. The molecule has 0 saturated heterocycles. The summed E-state index contributed by atoms with van der Waals surface area (Å²) in [5, 5.41) is 8.22. The van der Waals surface area contributed by atoms with Gasteiger partial charge >= 0.3 is 0 Å². The second kappa shape index (κ2) is 5.38. The Morgan fingerprint density at radius 3 is 2.68 bits per heavy atom. The Balaban J connectivity index is 2.10. The van der Waals surface area contributed by atoms with Gasteiger partial charge in [-0.3, -0.25) is 4.98 Å². The molecule has 0 atom stereocenters. The number of aromatic nitrogens is 1. The fourth-order valence-electron chi connectivity index (χ4n) is 1.59. The van der Waals surface area contributed by atoms with Gasteiger partial charge in [-0.1, -0.05) is 12.1 Å². The third-order valence-corrected chi connectivity index (χ3v) is 3.54. The van der Waals surface area contributed by atoms with E-state index in [4.69, 9.17) is 5.14 Å². The van der Waals surface area contributed by atoms with Gasteiger partial charge in [-0.15, -0.1) is 0 Å². The molecule has 0 bridgehead atoms. The topological polar surface area (TPSA) is 85.1 Å². The van der Waals surface area contributed by atoms with Crippen LogP contribution in [0.25, 0.3) is 0 Å². The van der Waals surface area contributed by atoms with Crippen molar-refractivity contribution in [2.75, 3.05) is 5.32 Å². The van der Waals surface area contributed by atoms with Crippen LogP contribution < -0.4 is 10.5 Å². The summed E-state index contributed by atoms with van der Waals surface area (Å²) in [6.45, 7) is 2.49. The van der Waals surface area contributed by atoms with Crippen LogP contribution >= 0.6 is 0 Å². The fourth-order valence-corrected chi connectivity index (χ4v) is 2.15. The molecule has 3 N–H and O–H groups in total. The molecule has 1 aromatic heterocycles. The number of anilines is 1. The molecule has 0 spiro atoms. The lowest BCUT2D eigenvalue weighted by atomic mass is 10.2. The Morgan fingerprint density at radius 1 is 1.26 bits per heavy atom. The normalized spacial score (nSPS) is 11.3. The Labute approximate surface area is 112 Å². The molecule has 0 amide bonds. The molecule has 5 nitrogen and oxygen atoms in total. The zero-order valence-corrected chi connectivity index (χ0v) is 11.3. The fraction of sp³-hybridized carbons (Fsp3) is 0.154. The first-order valence-electron chi connectivity index (χ1n) is 5.73. The van der Waals surface area contributed by atoms with Gasteiger partial charge in [-0.25, -0.2) is 13.6 Å². The second-order valence-electron chi connectivity index (χ2n) is 4.23. The second-order valence-corrected chi connectivity index (χ2v) is 5.80. The number of sulfonamides is 1. The highest BCUT2D eigenvalue weighted by Gasteiger charge is 2.07. The van der Waals surface area contributed by atoms with Crippen LogP contribution in [0.15, 0.2) is 47.5 Å². The minimum absolute atomic E-state index is 0.0968. The van der Waals surface area contributed by atoms with Gasteiger partial charge in [0.15, 0.2) is 0 Å². The zero-order chi connectivity index (χ0) is 13.9. The monoisotopic (exact) mass is 277 g/mol. The van der Waals surface area contributed by atoms with Crippen molar-refractivity contribution < 1.29 is 8.42 Å². The molecule has 0 fully saturated rings. The number of nitrogens with zero attached hydrogens (tertiary/aromatic N) is 1. The Hall–Kier alpha value is -1.92.